The van der Waals surface area contributed by atoms with Crippen LogP contribution in [0.4, 0.5) is 0 Å². The molecule has 1 aliphatic heterocycles. The first-order valence-electron chi connectivity index (χ1n) is 8.24. The van der Waals surface area contributed by atoms with Crippen molar-refractivity contribution < 1.29 is 14.3 Å². The van der Waals surface area contributed by atoms with Gasteiger partial charge in [0.15, 0.2) is 6.61 Å². The van der Waals surface area contributed by atoms with Crippen LogP contribution in [0.25, 0.3) is 0 Å². The van der Waals surface area contributed by atoms with Gasteiger partial charge in [-0.1, -0.05) is 17.7 Å². The zero-order valence-electron chi connectivity index (χ0n) is 14.0. The summed E-state index contributed by atoms with van der Waals surface area (Å²) in [5.74, 6) is 0.543. The number of nitrogens with zero attached hydrogens (tertiary/aromatic N) is 2. The number of halogens is 2. The Bertz CT molecular complexity index is 790. The number of hydrogen-bond donors (Lipinski definition) is 0. The van der Waals surface area contributed by atoms with Crippen LogP contribution in [0.2, 0.25) is 5.02 Å². The number of carbonyl (C=O) groups excluding carboxylic acids is 2. The first-order chi connectivity index (χ1) is 12.5. The summed E-state index contributed by atoms with van der Waals surface area (Å²) in [4.78, 5) is 28.3. The molecule has 0 radical (unpaired) electrons. The first-order valence-corrected chi connectivity index (χ1v) is 9.69. The second kappa shape index (κ2) is 8.73. The van der Waals surface area contributed by atoms with Crippen LogP contribution in [-0.2, 0) is 4.79 Å². The minimum Gasteiger partial charge on any atom is -0.484 e. The van der Waals surface area contributed by atoms with Gasteiger partial charge in [-0.3, -0.25) is 9.59 Å². The van der Waals surface area contributed by atoms with E-state index in [9.17, 15) is 9.59 Å². The van der Waals surface area contributed by atoms with Crippen molar-refractivity contribution in [3.63, 3.8) is 0 Å². The molecule has 0 aromatic heterocycles. The lowest BCUT2D eigenvalue weighted by Gasteiger charge is -2.34. The standard InChI is InChI=1S/C19H18ClIN2O3/c20-15-3-1-2-14(12-15)19(25)23-10-8-22(9-11-23)18(24)13-26-17-6-4-16(21)5-7-17/h1-7,12H,8-11,13H2. The Morgan fingerprint density at radius 3 is 2.31 bits per heavy atom. The molecule has 0 saturated carbocycles. The SMILES string of the molecule is O=C(COc1ccc(I)cc1)N1CCN(C(=O)c2cccc(Cl)c2)CC1. The largest absolute Gasteiger partial charge is 0.484 e. The van der Waals surface area contributed by atoms with E-state index in [2.05, 4.69) is 22.6 Å². The van der Waals surface area contributed by atoms with E-state index in [1.165, 1.54) is 0 Å². The molecule has 1 heterocycles. The third-order valence-corrected chi connectivity index (χ3v) is 5.12. The van der Waals surface area contributed by atoms with Gasteiger partial charge in [0.25, 0.3) is 11.8 Å². The van der Waals surface area contributed by atoms with Crippen LogP contribution in [0.15, 0.2) is 48.5 Å². The summed E-state index contributed by atoms with van der Waals surface area (Å²) in [5, 5.41) is 0.539. The fourth-order valence-electron chi connectivity index (χ4n) is 2.73. The topological polar surface area (TPSA) is 49.9 Å². The van der Waals surface area contributed by atoms with Crippen molar-refractivity contribution in [2.45, 2.75) is 0 Å². The van der Waals surface area contributed by atoms with Crippen LogP contribution >= 0.6 is 34.2 Å². The van der Waals surface area contributed by atoms with Crippen molar-refractivity contribution in [2.75, 3.05) is 32.8 Å². The highest BCUT2D eigenvalue weighted by Gasteiger charge is 2.25. The fourth-order valence-corrected chi connectivity index (χ4v) is 3.28. The highest BCUT2D eigenvalue weighted by Crippen LogP contribution is 2.15. The van der Waals surface area contributed by atoms with Crippen molar-refractivity contribution in [1.29, 1.82) is 0 Å². The summed E-state index contributed by atoms with van der Waals surface area (Å²) < 4.78 is 6.66. The summed E-state index contributed by atoms with van der Waals surface area (Å²) in [6.07, 6.45) is 0. The second-order valence-electron chi connectivity index (χ2n) is 5.93. The van der Waals surface area contributed by atoms with Gasteiger partial charge in [-0.25, -0.2) is 0 Å². The van der Waals surface area contributed by atoms with Gasteiger partial charge in [-0.05, 0) is 65.1 Å². The van der Waals surface area contributed by atoms with Crippen LogP contribution in [0.3, 0.4) is 0 Å². The Labute approximate surface area is 171 Å². The molecular weight excluding hydrogens is 467 g/mol. The molecule has 0 unspecified atom stereocenters. The van der Waals surface area contributed by atoms with Crippen molar-refractivity contribution in [1.82, 2.24) is 9.80 Å². The molecule has 0 aliphatic carbocycles. The third-order valence-electron chi connectivity index (χ3n) is 4.17. The molecule has 5 nitrogen and oxygen atoms in total. The average Bonchev–Trinajstić information content (AvgIpc) is 2.67. The van der Waals surface area contributed by atoms with Gasteiger partial charge in [-0.2, -0.15) is 0 Å². The van der Waals surface area contributed by atoms with Gasteiger partial charge >= 0.3 is 0 Å². The van der Waals surface area contributed by atoms with E-state index in [0.717, 1.165) is 3.57 Å². The average molecular weight is 485 g/mol. The Balaban J connectivity index is 1.49. The number of amides is 2. The van der Waals surface area contributed by atoms with E-state index in [1.807, 2.05) is 24.3 Å². The van der Waals surface area contributed by atoms with E-state index in [-0.39, 0.29) is 18.4 Å². The summed E-state index contributed by atoms with van der Waals surface area (Å²) >= 11 is 8.16. The molecular formula is C19H18ClIN2O3. The van der Waals surface area contributed by atoms with E-state index in [0.29, 0.717) is 42.5 Å². The van der Waals surface area contributed by atoms with E-state index in [1.54, 1.807) is 34.1 Å². The number of rotatable bonds is 4. The van der Waals surface area contributed by atoms with Gasteiger partial charge in [0, 0.05) is 40.3 Å². The zero-order valence-corrected chi connectivity index (χ0v) is 16.9. The van der Waals surface area contributed by atoms with E-state index >= 15 is 0 Å². The molecule has 1 saturated heterocycles. The molecule has 2 aromatic carbocycles. The lowest BCUT2D eigenvalue weighted by atomic mass is 10.2. The van der Waals surface area contributed by atoms with Gasteiger partial charge in [0.1, 0.15) is 5.75 Å². The normalized spacial score (nSPS) is 14.2. The zero-order chi connectivity index (χ0) is 18.5. The molecule has 2 amide bonds. The number of carbonyl (C=O) groups is 2. The molecule has 0 bridgehead atoms. The van der Waals surface area contributed by atoms with Crippen LogP contribution in [-0.4, -0.2) is 54.4 Å². The molecule has 0 N–H and O–H groups in total. The predicted octanol–water partition coefficient (Wildman–Crippen LogP) is 3.31. The Hall–Kier alpha value is -1.80. The molecule has 26 heavy (non-hydrogen) atoms. The fraction of sp³-hybridized carbons (Fsp3) is 0.263. The van der Waals surface area contributed by atoms with Gasteiger partial charge in [0.2, 0.25) is 0 Å². The van der Waals surface area contributed by atoms with Crippen molar-refractivity contribution in [3.05, 3.63) is 62.7 Å². The summed E-state index contributed by atoms with van der Waals surface area (Å²) in [6.45, 7) is 2.01. The third kappa shape index (κ3) is 4.88. The number of ether oxygens (including phenoxy) is 1. The minimum atomic E-state index is -0.0709. The second-order valence-corrected chi connectivity index (χ2v) is 7.61. The van der Waals surface area contributed by atoms with Crippen LogP contribution in [0, 0.1) is 3.57 Å². The lowest BCUT2D eigenvalue weighted by Crippen LogP contribution is -2.51. The Kier molecular flexibility index (Phi) is 6.37. The number of piperazine rings is 1. The maximum Gasteiger partial charge on any atom is 0.260 e. The number of hydrogen-bond acceptors (Lipinski definition) is 3. The molecule has 0 atom stereocenters. The van der Waals surface area contributed by atoms with Gasteiger partial charge < -0.3 is 14.5 Å². The maximum atomic E-state index is 12.5. The molecule has 0 spiro atoms. The summed E-state index contributed by atoms with van der Waals surface area (Å²) in [7, 11) is 0. The van der Waals surface area contributed by atoms with Gasteiger partial charge in [-0.15, -0.1) is 0 Å². The summed E-state index contributed by atoms with van der Waals surface area (Å²) in [5.41, 5.74) is 0.569. The Morgan fingerprint density at radius 1 is 1.00 bits per heavy atom. The summed E-state index contributed by atoms with van der Waals surface area (Å²) in [6, 6.07) is 14.5. The van der Waals surface area contributed by atoms with Crippen molar-refractivity contribution >= 4 is 46.0 Å². The van der Waals surface area contributed by atoms with Crippen molar-refractivity contribution in [3.8, 4) is 5.75 Å². The van der Waals surface area contributed by atoms with Crippen LogP contribution in [0.1, 0.15) is 10.4 Å². The Morgan fingerprint density at radius 2 is 1.65 bits per heavy atom. The van der Waals surface area contributed by atoms with E-state index in [4.69, 9.17) is 16.3 Å². The maximum absolute atomic E-state index is 12.5. The molecule has 2 aromatic rings. The van der Waals surface area contributed by atoms with Crippen LogP contribution in [0.5, 0.6) is 5.75 Å². The minimum absolute atomic E-state index is 0.00281. The molecule has 3 rings (SSSR count). The highest BCUT2D eigenvalue weighted by atomic mass is 127. The predicted molar refractivity (Wildman–Crippen MR) is 109 cm³/mol. The smallest absolute Gasteiger partial charge is 0.260 e. The molecule has 1 aliphatic rings. The number of benzene rings is 2. The lowest BCUT2D eigenvalue weighted by molar-refractivity contribution is -0.134. The van der Waals surface area contributed by atoms with Gasteiger partial charge in [0.05, 0.1) is 0 Å². The van der Waals surface area contributed by atoms with E-state index < -0.39 is 0 Å². The quantitative estimate of drug-likeness (QED) is 0.626. The monoisotopic (exact) mass is 484 g/mol. The molecule has 136 valence electrons. The highest BCUT2D eigenvalue weighted by molar-refractivity contribution is 14.1. The van der Waals surface area contributed by atoms with Crippen molar-refractivity contribution in [2.24, 2.45) is 0 Å². The molecule has 7 heteroatoms. The molecule has 1 fully saturated rings. The first kappa shape index (κ1) is 19.0. The van der Waals surface area contributed by atoms with Crippen LogP contribution < -0.4 is 4.74 Å².